The second-order valence-electron chi connectivity index (χ2n) is 5.75. The average molecular weight is 477 g/mol. The number of non-ortho nitro benzene ring substituents is 1. The van der Waals surface area contributed by atoms with Gasteiger partial charge in [-0.15, -0.1) is 0 Å². The van der Waals surface area contributed by atoms with Gasteiger partial charge in [0.05, 0.1) is 10.6 Å². The Morgan fingerprint density at radius 1 is 1.08 bits per heavy atom. The van der Waals surface area contributed by atoms with E-state index in [1.165, 1.54) is 12.1 Å². The molecule has 0 bridgehead atoms. The Bertz CT molecular complexity index is 1010. The van der Waals surface area contributed by atoms with E-state index in [1.54, 1.807) is 18.3 Å². The Morgan fingerprint density at radius 2 is 1.77 bits per heavy atom. The van der Waals surface area contributed by atoms with E-state index in [1.807, 2.05) is 38.1 Å². The lowest BCUT2D eigenvalue weighted by atomic mass is 10.2. The van der Waals surface area contributed by atoms with Gasteiger partial charge < -0.3 is 4.57 Å². The molecule has 0 saturated carbocycles. The summed E-state index contributed by atoms with van der Waals surface area (Å²) < 4.78 is 4.12. The van der Waals surface area contributed by atoms with Crippen LogP contribution in [0.25, 0.3) is 5.69 Å². The molecule has 0 saturated heterocycles. The molecule has 26 heavy (non-hydrogen) atoms. The van der Waals surface area contributed by atoms with Crippen molar-refractivity contribution >= 4 is 49.4 Å². The van der Waals surface area contributed by atoms with Crippen molar-refractivity contribution in [2.45, 2.75) is 13.8 Å². The summed E-state index contributed by atoms with van der Waals surface area (Å²) in [5.41, 5.74) is 4.66. The van der Waals surface area contributed by atoms with Gasteiger partial charge in [-0.25, -0.2) is 0 Å². The lowest BCUT2D eigenvalue weighted by molar-refractivity contribution is -0.384. The van der Waals surface area contributed by atoms with Gasteiger partial charge in [0.1, 0.15) is 0 Å². The van der Waals surface area contributed by atoms with Gasteiger partial charge in [0, 0.05) is 49.9 Å². The van der Waals surface area contributed by atoms with Gasteiger partial charge in [-0.1, -0.05) is 22.0 Å². The minimum Gasteiger partial charge on any atom is -0.317 e. The van der Waals surface area contributed by atoms with E-state index in [4.69, 9.17) is 0 Å². The highest BCUT2D eigenvalue weighted by molar-refractivity contribution is 9.10. The summed E-state index contributed by atoms with van der Waals surface area (Å²) in [6.45, 7) is 4.05. The van der Waals surface area contributed by atoms with Gasteiger partial charge >= 0.3 is 0 Å². The molecule has 7 heteroatoms. The smallest absolute Gasteiger partial charge is 0.271 e. The lowest BCUT2D eigenvalue weighted by Gasteiger charge is -2.09. The molecule has 3 rings (SSSR count). The molecule has 0 atom stereocenters. The zero-order valence-electron chi connectivity index (χ0n) is 14.1. The number of halogens is 2. The Labute approximate surface area is 167 Å². The molecule has 0 spiro atoms. The highest BCUT2D eigenvalue weighted by Gasteiger charge is 2.15. The van der Waals surface area contributed by atoms with Crippen molar-refractivity contribution in [3.05, 3.63) is 84.5 Å². The summed E-state index contributed by atoms with van der Waals surface area (Å²) in [6.07, 6.45) is 1.74. The SMILES string of the molecule is Cc1c(Br)c(C=Nc2cccc([N+](=O)[O-])c2)c(C)n1-c1ccc(Br)cc1. The highest BCUT2D eigenvalue weighted by Crippen LogP contribution is 2.30. The summed E-state index contributed by atoms with van der Waals surface area (Å²) in [4.78, 5) is 14.9. The van der Waals surface area contributed by atoms with Crippen LogP contribution in [0.15, 0.2) is 62.5 Å². The van der Waals surface area contributed by atoms with Crippen LogP contribution in [0.5, 0.6) is 0 Å². The Morgan fingerprint density at radius 3 is 2.42 bits per heavy atom. The molecule has 0 amide bonds. The van der Waals surface area contributed by atoms with Gasteiger partial charge in [-0.2, -0.15) is 0 Å². The van der Waals surface area contributed by atoms with Gasteiger partial charge in [0.2, 0.25) is 0 Å². The molecule has 0 fully saturated rings. The fourth-order valence-electron chi connectivity index (χ4n) is 2.78. The molecule has 0 aliphatic rings. The van der Waals surface area contributed by atoms with E-state index < -0.39 is 4.92 Å². The summed E-state index contributed by atoms with van der Waals surface area (Å²) in [5, 5.41) is 10.9. The Hall–Kier alpha value is -2.25. The van der Waals surface area contributed by atoms with Crippen molar-refractivity contribution in [1.29, 1.82) is 0 Å². The van der Waals surface area contributed by atoms with E-state index in [9.17, 15) is 10.1 Å². The number of hydrogen-bond donors (Lipinski definition) is 0. The molecule has 0 aliphatic heterocycles. The first-order chi connectivity index (χ1) is 12.4. The van der Waals surface area contributed by atoms with Crippen molar-refractivity contribution in [3.8, 4) is 5.69 Å². The lowest BCUT2D eigenvalue weighted by Crippen LogP contribution is -1.99. The van der Waals surface area contributed by atoms with Crippen molar-refractivity contribution in [3.63, 3.8) is 0 Å². The first kappa shape index (κ1) is 18.5. The van der Waals surface area contributed by atoms with E-state index in [0.717, 1.165) is 31.6 Å². The summed E-state index contributed by atoms with van der Waals surface area (Å²) in [5.74, 6) is 0. The number of rotatable bonds is 4. The van der Waals surface area contributed by atoms with Gasteiger partial charge in [0.15, 0.2) is 0 Å². The zero-order valence-corrected chi connectivity index (χ0v) is 17.3. The van der Waals surface area contributed by atoms with Crippen LogP contribution in [0.2, 0.25) is 0 Å². The van der Waals surface area contributed by atoms with E-state index >= 15 is 0 Å². The maximum atomic E-state index is 10.9. The third-order valence-corrected chi connectivity index (χ3v) is 5.61. The van der Waals surface area contributed by atoms with Crippen LogP contribution in [0.3, 0.4) is 0 Å². The molecule has 0 aliphatic carbocycles. The van der Waals surface area contributed by atoms with Crippen LogP contribution in [-0.2, 0) is 0 Å². The predicted octanol–water partition coefficient (Wildman–Crippen LogP) is 6.28. The minimum absolute atomic E-state index is 0.0269. The van der Waals surface area contributed by atoms with Crippen molar-refractivity contribution < 1.29 is 4.92 Å². The monoisotopic (exact) mass is 475 g/mol. The highest BCUT2D eigenvalue weighted by atomic mass is 79.9. The number of nitrogens with zero attached hydrogens (tertiary/aromatic N) is 3. The van der Waals surface area contributed by atoms with Gasteiger partial charge in [-0.05, 0) is 60.1 Å². The largest absolute Gasteiger partial charge is 0.317 e. The zero-order chi connectivity index (χ0) is 18.8. The summed E-state index contributed by atoms with van der Waals surface area (Å²) >= 11 is 7.10. The van der Waals surface area contributed by atoms with Crippen molar-refractivity contribution in [2.24, 2.45) is 4.99 Å². The molecule has 0 radical (unpaired) electrons. The normalized spacial score (nSPS) is 11.2. The van der Waals surface area contributed by atoms with E-state index in [-0.39, 0.29) is 5.69 Å². The number of nitro benzene ring substituents is 1. The van der Waals surface area contributed by atoms with Crippen LogP contribution in [-0.4, -0.2) is 15.7 Å². The first-order valence-corrected chi connectivity index (χ1v) is 9.39. The van der Waals surface area contributed by atoms with E-state index in [2.05, 4.69) is 41.4 Å². The quantitative estimate of drug-likeness (QED) is 0.253. The number of aliphatic imine (C=N–C) groups is 1. The Kier molecular flexibility index (Phi) is 5.38. The minimum atomic E-state index is -0.422. The number of benzene rings is 2. The maximum absolute atomic E-state index is 10.9. The predicted molar refractivity (Wildman–Crippen MR) is 111 cm³/mol. The van der Waals surface area contributed by atoms with Crippen LogP contribution in [0, 0.1) is 24.0 Å². The molecule has 5 nitrogen and oxygen atoms in total. The molecular weight excluding hydrogens is 462 g/mol. The second-order valence-corrected chi connectivity index (χ2v) is 7.45. The molecule has 3 aromatic rings. The van der Waals surface area contributed by atoms with Gasteiger partial charge in [0.25, 0.3) is 5.69 Å². The molecule has 0 N–H and O–H groups in total. The third-order valence-electron chi connectivity index (χ3n) is 4.08. The Balaban J connectivity index is 2.01. The summed E-state index contributed by atoms with van der Waals surface area (Å²) in [6, 6.07) is 14.4. The van der Waals surface area contributed by atoms with Crippen LogP contribution in [0.1, 0.15) is 17.0 Å². The molecular formula is C19H15Br2N3O2. The van der Waals surface area contributed by atoms with Crippen LogP contribution in [0.4, 0.5) is 11.4 Å². The molecule has 132 valence electrons. The van der Waals surface area contributed by atoms with Crippen LogP contribution < -0.4 is 0 Å². The standard InChI is InChI=1S/C19H15Br2N3O2/c1-12-18(11-22-15-4-3-5-17(10-15)24(25)26)19(21)13(2)23(12)16-8-6-14(20)7-9-16/h3-11H,1-2H3. The molecule has 0 unspecified atom stereocenters. The molecule has 1 heterocycles. The number of aromatic nitrogens is 1. The fraction of sp³-hybridized carbons (Fsp3) is 0.105. The average Bonchev–Trinajstić information content (AvgIpc) is 2.84. The maximum Gasteiger partial charge on any atom is 0.271 e. The first-order valence-electron chi connectivity index (χ1n) is 7.80. The molecule has 2 aromatic carbocycles. The topological polar surface area (TPSA) is 60.4 Å². The van der Waals surface area contributed by atoms with Crippen LogP contribution >= 0.6 is 31.9 Å². The fourth-order valence-corrected chi connectivity index (χ4v) is 3.61. The third kappa shape index (κ3) is 3.64. The molecule has 1 aromatic heterocycles. The van der Waals surface area contributed by atoms with Gasteiger partial charge in [-0.3, -0.25) is 15.1 Å². The number of nitro groups is 1. The van der Waals surface area contributed by atoms with Crippen molar-refractivity contribution in [2.75, 3.05) is 0 Å². The van der Waals surface area contributed by atoms with E-state index in [0.29, 0.717) is 5.69 Å². The summed E-state index contributed by atoms with van der Waals surface area (Å²) in [7, 11) is 0. The van der Waals surface area contributed by atoms with Crippen molar-refractivity contribution in [1.82, 2.24) is 4.57 Å². The number of hydrogen-bond acceptors (Lipinski definition) is 3. The second kappa shape index (κ2) is 7.55.